The van der Waals surface area contributed by atoms with Crippen LogP contribution in [-0.4, -0.2) is 32.4 Å². The number of quaternary nitrogens is 1. The SMILES string of the molecule is CSc1ccc(C[NH+]2CCN(c3cccc(C(F)(F)F)c3)CC2)cc1. The monoisotopic (exact) mass is 367 g/mol. The summed E-state index contributed by atoms with van der Waals surface area (Å²) >= 11 is 1.73. The fourth-order valence-corrected chi connectivity index (χ4v) is 3.58. The minimum atomic E-state index is -4.29. The number of piperazine rings is 1. The highest BCUT2D eigenvalue weighted by Crippen LogP contribution is 2.31. The van der Waals surface area contributed by atoms with E-state index in [1.54, 1.807) is 17.8 Å². The van der Waals surface area contributed by atoms with Gasteiger partial charge in [-0.1, -0.05) is 18.2 Å². The van der Waals surface area contributed by atoms with Crippen molar-refractivity contribution in [2.24, 2.45) is 0 Å². The lowest BCUT2D eigenvalue weighted by molar-refractivity contribution is -0.914. The highest BCUT2D eigenvalue weighted by atomic mass is 32.2. The summed E-state index contributed by atoms with van der Waals surface area (Å²) in [5.41, 5.74) is 1.40. The molecule has 1 heterocycles. The van der Waals surface area contributed by atoms with Crippen molar-refractivity contribution in [3.8, 4) is 0 Å². The number of hydrogen-bond acceptors (Lipinski definition) is 2. The molecule has 2 aromatic carbocycles. The summed E-state index contributed by atoms with van der Waals surface area (Å²) in [5, 5.41) is 0. The van der Waals surface area contributed by atoms with E-state index in [1.165, 1.54) is 27.5 Å². The summed E-state index contributed by atoms with van der Waals surface area (Å²) in [7, 11) is 0. The molecule has 0 aliphatic carbocycles. The van der Waals surface area contributed by atoms with E-state index in [4.69, 9.17) is 0 Å². The van der Waals surface area contributed by atoms with Crippen molar-refractivity contribution in [3.63, 3.8) is 0 Å². The molecule has 0 saturated carbocycles. The van der Waals surface area contributed by atoms with Gasteiger partial charge in [0.15, 0.2) is 0 Å². The summed E-state index contributed by atoms with van der Waals surface area (Å²) in [6.45, 7) is 4.38. The molecule has 1 aliphatic rings. The maximum Gasteiger partial charge on any atom is 0.416 e. The predicted octanol–water partition coefficient (Wildman–Crippen LogP) is 3.33. The van der Waals surface area contributed by atoms with Crippen molar-refractivity contribution in [2.45, 2.75) is 17.6 Å². The van der Waals surface area contributed by atoms with Gasteiger partial charge in [0.05, 0.1) is 31.7 Å². The molecule has 2 nitrogen and oxygen atoms in total. The lowest BCUT2D eigenvalue weighted by Gasteiger charge is -2.34. The van der Waals surface area contributed by atoms with E-state index in [-0.39, 0.29) is 0 Å². The van der Waals surface area contributed by atoms with Gasteiger partial charge in [0.25, 0.3) is 0 Å². The molecular weight excluding hydrogens is 345 g/mol. The second kappa shape index (κ2) is 7.70. The van der Waals surface area contributed by atoms with Gasteiger partial charge in [0.2, 0.25) is 0 Å². The zero-order valence-corrected chi connectivity index (χ0v) is 15.0. The molecule has 1 aliphatic heterocycles. The van der Waals surface area contributed by atoms with E-state index in [9.17, 15) is 13.2 Å². The number of alkyl halides is 3. The first-order valence-electron chi connectivity index (χ1n) is 8.34. The number of nitrogens with zero attached hydrogens (tertiary/aromatic N) is 1. The Kier molecular flexibility index (Phi) is 5.59. The molecule has 6 heteroatoms. The van der Waals surface area contributed by atoms with Crippen molar-refractivity contribution >= 4 is 17.4 Å². The van der Waals surface area contributed by atoms with E-state index in [2.05, 4.69) is 35.4 Å². The molecule has 1 fully saturated rings. The largest absolute Gasteiger partial charge is 0.416 e. The Morgan fingerprint density at radius 2 is 1.72 bits per heavy atom. The zero-order valence-electron chi connectivity index (χ0n) is 14.1. The normalized spacial score (nSPS) is 16.2. The Morgan fingerprint density at radius 1 is 1.04 bits per heavy atom. The van der Waals surface area contributed by atoms with E-state index in [0.29, 0.717) is 5.69 Å². The third-order valence-electron chi connectivity index (χ3n) is 4.62. The molecule has 0 unspecified atom stereocenters. The van der Waals surface area contributed by atoms with Crippen LogP contribution in [-0.2, 0) is 12.7 Å². The maximum absolute atomic E-state index is 12.9. The smallest absolute Gasteiger partial charge is 0.360 e. The third kappa shape index (κ3) is 4.70. The minimum Gasteiger partial charge on any atom is -0.360 e. The van der Waals surface area contributed by atoms with Gasteiger partial charge < -0.3 is 9.80 Å². The van der Waals surface area contributed by atoms with E-state index < -0.39 is 11.7 Å². The van der Waals surface area contributed by atoms with E-state index >= 15 is 0 Å². The van der Waals surface area contributed by atoms with Gasteiger partial charge in [0.1, 0.15) is 6.54 Å². The van der Waals surface area contributed by atoms with Gasteiger partial charge in [-0.2, -0.15) is 13.2 Å². The van der Waals surface area contributed by atoms with Crippen LogP contribution in [0.4, 0.5) is 18.9 Å². The van der Waals surface area contributed by atoms with Crippen LogP contribution in [0.25, 0.3) is 0 Å². The average Bonchev–Trinajstić information content (AvgIpc) is 2.62. The standard InChI is InChI=1S/C19H21F3N2S/c1-25-18-7-5-15(6-8-18)14-23-9-11-24(12-10-23)17-4-2-3-16(13-17)19(20,21)22/h2-8,13H,9-12,14H2,1H3/p+1. The summed E-state index contributed by atoms with van der Waals surface area (Å²) in [4.78, 5) is 4.78. The van der Waals surface area contributed by atoms with Crippen molar-refractivity contribution in [1.82, 2.24) is 0 Å². The first-order chi connectivity index (χ1) is 12.0. The topological polar surface area (TPSA) is 7.68 Å². The molecule has 2 aromatic rings. The predicted molar refractivity (Wildman–Crippen MR) is 96.3 cm³/mol. The molecule has 0 spiro atoms. The number of benzene rings is 2. The number of nitrogens with one attached hydrogen (secondary N) is 1. The van der Waals surface area contributed by atoms with Crippen LogP contribution >= 0.6 is 11.8 Å². The van der Waals surface area contributed by atoms with Gasteiger partial charge >= 0.3 is 6.18 Å². The van der Waals surface area contributed by atoms with E-state index in [0.717, 1.165) is 38.8 Å². The molecule has 0 radical (unpaired) electrons. The van der Waals surface area contributed by atoms with Crippen molar-refractivity contribution in [2.75, 3.05) is 37.3 Å². The first-order valence-corrected chi connectivity index (χ1v) is 9.57. The summed E-state index contributed by atoms with van der Waals surface area (Å²) in [5.74, 6) is 0. The van der Waals surface area contributed by atoms with Gasteiger partial charge in [-0.3, -0.25) is 0 Å². The molecule has 134 valence electrons. The van der Waals surface area contributed by atoms with Crippen LogP contribution in [0.3, 0.4) is 0 Å². The number of halogens is 3. The van der Waals surface area contributed by atoms with Crippen LogP contribution in [0, 0.1) is 0 Å². The Hall–Kier alpha value is -1.66. The number of thioether (sulfide) groups is 1. The molecule has 0 bridgehead atoms. The van der Waals surface area contributed by atoms with Gasteiger partial charge in [-0.15, -0.1) is 11.8 Å². The highest BCUT2D eigenvalue weighted by Gasteiger charge is 2.31. The summed E-state index contributed by atoms with van der Waals surface area (Å²) in [6, 6.07) is 14.2. The van der Waals surface area contributed by atoms with Gasteiger partial charge in [-0.25, -0.2) is 0 Å². The van der Waals surface area contributed by atoms with Crippen LogP contribution in [0.5, 0.6) is 0 Å². The Balaban J connectivity index is 1.58. The average molecular weight is 367 g/mol. The molecule has 25 heavy (non-hydrogen) atoms. The van der Waals surface area contributed by atoms with Crippen LogP contribution in [0.15, 0.2) is 53.4 Å². The highest BCUT2D eigenvalue weighted by molar-refractivity contribution is 7.98. The fraction of sp³-hybridized carbons (Fsp3) is 0.368. The zero-order chi connectivity index (χ0) is 17.9. The fourth-order valence-electron chi connectivity index (χ4n) is 3.17. The Morgan fingerprint density at radius 3 is 2.32 bits per heavy atom. The van der Waals surface area contributed by atoms with Gasteiger partial charge in [0, 0.05) is 16.1 Å². The second-order valence-electron chi connectivity index (χ2n) is 6.31. The van der Waals surface area contributed by atoms with Crippen molar-refractivity contribution in [1.29, 1.82) is 0 Å². The molecular formula is C19H22F3N2S+. The van der Waals surface area contributed by atoms with Crippen LogP contribution in [0.2, 0.25) is 0 Å². The number of rotatable bonds is 4. The van der Waals surface area contributed by atoms with E-state index in [1.807, 2.05) is 0 Å². The van der Waals surface area contributed by atoms with Gasteiger partial charge in [-0.05, 0) is 36.6 Å². The first kappa shape index (κ1) is 18.1. The molecule has 0 atom stereocenters. The quantitative estimate of drug-likeness (QED) is 0.829. The van der Waals surface area contributed by atoms with Crippen molar-refractivity contribution in [3.05, 3.63) is 59.7 Å². The maximum atomic E-state index is 12.9. The molecule has 1 saturated heterocycles. The molecule has 0 aromatic heterocycles. The summed E-state index contributed by atoms with van der Waals surface area (Å²) < 4.78 is 38.6. The van der Waals surface area contributed by atoms with Crippen LogP contribution < -0.4 is 9.80 Å². The summed E-state index contributed by atoms with van der Waals surface area (Å²) in [6.07, 6.45) is -2.22. The Labute approximate surface area is 150 Å². The second-order valence-corrected chi connectivity index (χ2v) is 7.19. The lowest BCUT2D eigenvalue weighted by atomic mass is 10.1. The number of anilines is 1. The molecule has 0 amide bonds. The third-order valence-corrected chi connectivity index (χ3v) is 5.37. The van der Waals surface area contributed by atoms with Crippen molar-refractivity contribution < 1.29 is 18.1 Å². The molecule has 3 rings (SSSR count). The lowest BCUT2D eigenvalue weighted by Crippen LogP contribution is -3.13. The Bertz CT molecular complexity index is 693. The molecule has 1 N–H and O–H groups in total. The minimum absolute atomic E-state index is 0.575. The van der Waals surface area contributed by atoms with Crippen LogP contribution in [0.1, 0.15) is 11.1 Å². The number of hydrogen-bond donors (Lipinski definition) is 1.